The van der Waals surface area contributed by atoms with E-state index in [9.17, 15) is 0 Å². The minimum atomic E-state index is 0.277. The van der Waals surface area contributed by atoms with Crippen LogP contribution in [0.5, 0.6) is 0 Å². The first-order valence-corrected chi connectivity index (χ1v) is 7.11. The number of hydrogen-bond donors (Lipinski definition) is 0. The van der Waals surface area contributed by atoms with E-state index in [2.05, 4.69) is 64.6 Å². The standard InChI is InChI=1S/C15H15N3S/c1-11(12-6-4-3-5-7-12)18(2)14-13-8-9-19-15(13)17-10-16-14/h3-11H,1-2H3. The highest BCUT2D eigenvalue weighted by atomic mass is 32.1. The van der Waals surface area contributed by atoms with E-state index >= 15 is 0 Å². The van der Waals surface area contributed by atoms with Gasteiger partial charge in [0.15, 0.2) is 0 Å². The summed E-state index contributed by atoms with van der Waals surface area (Å²) in [5, 5.41) is 3.18. The van der Waals surface area contributed by atoms with Crippen molar-refractivity contribution in [1.29, 1.82) is 0 Å². The van der Waals surface area contributed by atoms with Crippen molar-refractivity contribution in [2.75, 3.05) is 11.9 Å². The van der Waals surface area contributed by atoms with E-state index in [-0.39, 0.29) is 6.04 Å². The quantitative estimate of drug-likeness (QED) is 0.722. The Morgan fingerprint density at radius 1 is 1.11 bits per heavy atom. The molecule has 3 nitrogen and oxygen atoms in total. The first-order valence-electron chi connectivity index (χ1n) is 6.23. The fourth-order valence-electron chi connectivity index (χ4n) is 2.20. The zero-order chi connectivity index (χ0) is 13.2. The van der Waals surface area contributed by atoms with Crippen LogP contribution in [-0.4, -0.2) is 17.0 Å². The molecule has 0 aliphatic rings. The van der Waals surface area contributed by atoms with E-state index in [1.54, 1.807) is 17.7 Å². The SMILES string of the molecule is CC(c1ccccc1)N(C)c1ncnc2sccc12. The molecule has 0 radical (unpaired) electrons. The number of anilines is 1. The predicted octanol–water partition coefficient (Wildman–Crippen LogP) is 3.89. The Labute approximate surface area is 116 Å². The molecule has 0 spiro atoms. The highest BCUT2D eigenvalue weighted by Crippen LogP contribution is 2.30. The number of benzene rings is 1. The number of nitrogens with zero attached hydrogens (tertiary/aromatic N) is 3. The molecule has 0 aliphatic carbocycles. The van der Waals surface area contributed by atoms with Crippen molar-refractivity contribution in [3.63, 3.8) is 0 Å². The van der Waals surface area contributed by atoms with E-state index in [1.165, 1.54) is 5.56 Å². The van der Waals surface area contributed by atoms with Crippen molar-refractivity contribution >= 4 is 27.4 Å². The third kappa shape index (κ3) is 2.19. The molecule has 0 aliphatic heterocycles. The molecule has 1 unspecified atom stereocenters. The van der Waals surface area contributed by atoms with Gasteiger partial charge < -0.3 is 4.90 Å². The van der Waals surface area contributed by atoms with E-state index in [0.717, 1.165) is 16.0 Å². The van der Waals surface area contributed by atoms with Crippen LogP contribution in [0.1, 0.15) is 18.5 Å². The fourth-order valence-corrected chi connectivity index (χ4v) is 2.92. The molecule has 0 saturated carbocycles. The molecule has 1 aromatic carbocycles. The summed E-state index contributed by atoms with van der Waals surface area (Å²) in [5.41, 5.74) is 1.28. The van der Waals surface area contributed by atoms with Crippen LogP contribution in [0.2, 0.25) is 0 Å². The van der Waals surface area contributed by atoms with E-state index in [0.29, 0.717) is 0 Å². The summed E-state index contributed by atoms with van der Waals surface area (Å²) in [7, 11) is 2.08. The molecule has 3 aromatic rings. The number of thiophene rings is 1. The second-order valence-corrected chi connectivity index (χ2v) is 5.43. The highest BCUT2D eigenvalue weighted by Gasteiger charge is 2.16. The largest absolute Gasteiger partial charge is 0.352 e. The third-order valence-electron chi connectivity index (χ3n) is 3.44. The van der Waals surface area contributed by atoms with Crippen LogP contribution in [0, 0.1) is 0 Å². The molecular weight excluding hydrogens is 254 g/mol. The lowest BCUT2D eigenvalue weighted by Gasteiger charge is -2.26. The van der Waals surface area contributed by atoms with Crippen LogP contribution in [0.15, 0.2) is 48.1 Å². The van der Waals surface area contributed by atoms with Gasteiger partial charge in [0.2, 0.25) is 0 Å². The van der Waals surface area contributed by atoms with Gasteiger partial charge in [-0.15, -0.1) is 11.3 Å². The van der Waals surface area contributed by atoms with Gasteiger partial charge in [-0.3, -0.25) is 0 Å². The topological polar surface area (TPSA) is 29.0 Å². The number of fused-ring (bicyclic) bond motifs is 1. The first kappa shape index (κ1) is 12.1. The lowest BCUT2D eigenvalue weighted by molar-refractivity contribution is 0.731. The average Bonchev–Trinajstić information content (AvgIpc) is 2.95. The summed E-state index contributed by atoms with van der Waals surface area (Å²) in [5.74, 6) is 0.989. The molecule has 0 amide bonds. The van der Waals surface area contributed by atoms with E-state index in [1.807, 2.05) is 6.07 Å². The Hall–Kier alpha value is -1.94. The van der Waals surface area contributed by atoms with Gasteiger partial charge in [0.05, 0.1) is 11.4 Å². The maximum absolute atomic E-state index is 4.45. The van der Waals surface area contributed by atoms with Gasteiger partial charge in [0.1, 0.15) is 17.0 Å². The Morgan fingerprint density at radius 2 is 1.89 bits per heavy atom. The fraction of sp³-hybridized carbons (Fsp3) is 0.200. The lowest BCUT2D eigenvalue weighted by Crippen LogP contribution is -2.22. The second-order valence-electron chi connectivity index (χ2n) is 4.53. The normalized spacial score (nSPS) is 12.5. The Morgan fingerprint density at radius 3 is 2.68 bits per heavy atom. The first-order chi connectivity index (χ1) is 9.27. The second kappa shape index (κ2) is 4.97. The molecule has 0 fully saturated rings. The minimum absolute atomic E-state index is 0.277. The van der Waals surface area contributed by atoms with Crippen LogP contribution in [0.4, 0.5) is 5.82 Å². The van der Waals surface area contributed by atoms with Crippen molar-refractivity contribution in [2.24, 2.45) is 0 Å². The maximum Gasteiger partial charge on any atom is 0.141 e. The molecule has 4 heteroatoms. The summed E-state index contributed by atoms with van der Waals surface area (Å²) < 4.78 is 0. The zero-order valence-electron chi connectivity index (χ0n) is 10.9. The minimum Gasteiger partial charge on any atom is -0.352 e. The summed E-state index contributed by atoms with van der Waals surface area (Å²) in [4.78, 5) is 12.0. The summed E-state index contributed by atoms with van der Waals surface area (Å²) >= 11 is 1.65. The molecule has 0 saturated heterocycles. The van der Waals surface area contributed by atoms with Gasteiger partial charge in [0, 0.05) is 7.05 Å². The number of aromatic nitrogens is 2. The van der Waals surface area contributed by atoms with Crippen molar-refractivity contribution < 1.29 is 0 Å². The summed E-state index contributed by atoms with van der Waals surface area (Å²) in [6, 6.07) is 12.8. The van der Waals surface area contributed by atoms with E-state index < -0.39 is 0 Å². The third-order valence-corrected chi connectivity index (χ3v) is 4.26. The Bertz CT molecular complexity index is 678. The van der Waals surface area contributed by atoms with Gasteiger partial charge in [-0.1, -0.05) is 30.3 Å². The molecule has 96 valence electrons. The van der Waals surface area contributed by atoms with Gasteiger partial charge in [-0.05, 0) is 23.9 Å². The van der Waals surface area contributed by atoms with Crippen LogP contribution in [-0.2, 0) is 0 Å². The molecule has 19 heavy (non-hydrogen) atoms. The molecule has 2 aromatic heterocycles. The van der Waals surface area contributed by atoms with Crippen molar-refractivity contribution in [1.82, 2.24) is 9.97 Å². The number of hydrogen-bond acceptors (Lipinski definition) is 4. The summed E-state index contributed by atoms with van der Waals surface area (Å²) in [6.45, 7) is 2.19. The van der Waals surface area contributed by atoms with E-state index in [4.69, 9.17) is 0 Å². The molecule has 3 rings (SSSR count). The smallest absolute Gasteiger partial charge is 0.141 e. The molecular formula is C15H15N3S. The molecule has 2 heterocycles. The van der Waals surface area contributed by atoms with Gasteiger partial charge in [0.25, 0.3) is 0 Å². The summed E-state index contributed by atoms with van der Waals surface area (Å²) in [6.07, 6.45) is 1.64. The van der Waals surface area contributed by atoms with Crippen molar-refractivity contribution in [3.8, 4) is 0 Å². The van der Waals surface area contributed by atoms with Crippen LogP contribution < -0.4 is 4.90 Å². The van der Waals surface area contributed by atoms with Gasteiger partial charge >= 0.3 is 0 Å². The Kier molecular flexibility index (Phi) is 3.17. The van der Waals surface area contributed by atoms with Crippen molar-refractivity contribution in [3.05, 3.63) is 53.7 Å². The highest BCUT2D eigenvalue weighted by molar-refractivity contribution is 7.16. The van der Waals surface area contributed by atoms with Crippen LogP contribution in [0.3, 0.4) is 0 Å². The number of rotatable bonds is 3. The lowest BCUT2D eigenvalue weighted by atomic mass is 10.1. The Balaban J connectivity index is 2.00. The van der Waals surface area contributed by atoms with Crippen LogP contribution in [0.25, 0.3) is 10.2 Å². The molecule has 1 atom stereocenters. The molecule has 0 bridgehead atoms. The molecule has 0 N–H and O–H groups in total. The maximum atomic E-state index is 4.45. The average molecular weight is 269 g/mol. The predicted molar refractivity (Wildman–Crippen MR) is 80.7 cm³/mol. The van der Waals surface area contributed by atoms with Crippen molar-refractivity contribution in [2.45, 2.75) is 13.0 Å². The monoisotopic (exact) mass is 269 g/mol. The zero-order valence-corrected chi connectivity index (χ0v) is 11.8. The van der Waals surface area contributed by atoms with Gasteiger partial charge in [-0.25, -0.2) is 9.97 Å². The van der Waals surface area contributed by atoms with Crippen LogP contribution >= 0.6 is 11.3 Å². The van der Waals surface area contributed by atoms with Gasteiger partial charge in [-0.2, -0.15) is 0 Å².